The van der Waals surface area contributed by atoms with E-state index in [-0.39, 0.29) is 5.69 Å². The second-order valence-electron chi connectivity index (χ2n) is 10.1. The molecule has 0 amide bonds. The predicted octanol–water partition coefficient (Wildman–Crippen LogP) is 3.87. The standard InChI is InChI=1S/C28H31N3O8S/c1-14-6-8-18(31-14)25(34)38-23-21(33)26(39-28(3,4)24(23)35-5)36-19-9-7-17-16(13-40-27-29-10-11-30-27)12-20(32)37-22(17)15(19)2/h6-12,21,23-24,26,31,33H,13H2,1-5H3,(H,29,30)/t21-,23+,24-,26-/m1/s1. The van der Waals surface area contributed by atoms with Crippen LogP contribution in [-0.2, 0) is 20.0 Å². The van der Waals surface area contributed by atoms with Gasteiger partial charge in [0, 0.05) is 48.0 Å². The molecule has 0 radical (unpaired) electrons. The first-order valence-electron chi connectivity index (χ1n) is 12.7. The van der Waals surface area contributed by atoms with Crippen LogP contribution in [0.4, 0.5) is 0 Å². The Morgan fingerprint density at radius 2 is 2.02 bits per heavy atom. The molecule has 0 unspecified atom stereocenters. The number of esters is 1. The molecule has 4 atom stereocenters. The summed E-state index contributed by atoms with van der Waals surface area (Å²) in [5.74, 6) is 0.200. The van der Waals surface area contributed by atoms with Gasteiger partial charge in [-0.15, -0.1) is 0 Å². The number of carbonyl (C=O) groups is 1. The van der Waals surface area contributed by atoms with E-state index in [2.05, 4.69) is 15.0 Å². The van der Waals surface area contributed by atoms with Crippen molar-refractivity contribution in [1.29, 1.82) is 0 Å². The molecule has 1 fully saturated rings. The molecule has 1 aliphatic heterocycles. The van der Waals surface area contributed by atoms with Crippen molar-refractivity contribution in [3.63, 3.8) is 0 Å². The average molecular weight is 570 g/mol. The number of H-pyrrole nitrogens is 2. The third-order valence-electron chi connectivity index (χ3n) is 6.85. The summed E-state index contributed by atoms with van der Waals surface area (Å²) < 4.78 is 29.1. The van der Waals surface area contributed by atoms with Gasteiger partial charge in [-0.1, -0.05) is 11.8 Å². The third kappa shape index (κ3) is 5.52. The fourth-order valence-electron chi connectivity index (χ4n) is 4.88. The molecule has 11 nitrogen and oxygen atoms in total. The lowest BCUT2D eigenvalue weighted by atomic mass is 9.89. The van der Waals surface area contributed by atoms with Gasteiger partial charge in [0.1, 0.15) is 23.1 Å². The van der Waals surface area contributed by atoms with E-state index in [1.54, 1.807) is 57.4 Å². The second kappa shape index (κ2) is 11.1. The Hall–Kier alpha value is -3.58. The number of aliphatic hydroxyl groups excluding tert-OH is 1. The minimum atomic E-state index is -1.39. The van der Waals surface area contributed by atoms with Gasteiger partial charge in [0.05, 0.1) is 5.60 Å². The number of aryl methyl sites for hydroxylation is 2. The van der Waals surface area contributed by atoms with Crippen molar-refractivity contribution < 1.29 is 33.3 Å². The number of aromatic nitrogens is 3. The Bertz CT molecular complexity index is 1560. The van der Waals surface area contributed by atoms with Crippen molar-refractivity contribution in [3.05, 3.63) is 75.7 Å². The van der Waals surface area contributed by atoms with Gasteiger partial charge in [0.15, 0.2) is 17.4 Å². The van der Waals surface area contributed by atoms with Gasteiger partial charge in [-0.3, -0.25) is 0 Å². The number of hydrogen-bond acceptors (Lipinski definition) is 10. The van der Waals surface area contributed by atoms with E-state index >= 15 is 0 Å². The maximum Gasteiger partial charge on any atom is 0.355 e. The lowest BCUT2D eigenvalue weighted by Crippen LogP contribution is -2.65. The highest BCUT2D eigenvalue weighted by molar-refractivity contribution is 7.98. The van der Waals surface area contributed by atoms with Crippen LogP contribution < -0.4 is 10.4 Å². The van der Waals surface area contributed by atoms with Gasteiger partial charge in [0.25, 0.3) is 0 Å². The van der Waals surface area contributed by atoms with Gasteiger partial charge in [-0.05, 0) is 57.5 Å². The normalized spacial score (nSPS) is 22.4. The molecule has 0 bridgehead atoms. The molecule has 3 N–H and O–H groups in total. The molecule has 4 aromatic rings. The fourth-order valence-corrected chi connectivity index (χ4v) is 5.69. The number of methoxy groups -OCH3 is 1. The quantitative estimate of drug-likeness (QED) is 0.162. The number of benzene rings is 1. The highest BCUT2D eigenvalue weighted by Crippen LogP contribution is 2.37. The van der Waals surface area contributed by atoms with Crippen molar-refractivity contribution in [3.8, 4) is 5.75 Å². The Labute approximate surface area is 234 Å². The van der Waals surface area contributed by atoms with Crippen LogP contribution in [0, 0.1) is 13.8 Å². The number of aliphatic hydroxyl groups is 1. The van der Waals surface area contributed by atoms with E-state index in [4.69, 9.17) is 23.4 Å². The summed E-state index contributed by atoms with van der Waals surface area (Å²) in [6, 6.07) is 8.35. The third-order valence-corrected chi connectivity index (χ3v) is 7.80. The molecular weight excluding hydrogens is 538 g/mol. The van der Waals surface area contributed by atoms with Crippen molar-refractivity contribution in [2.45, 2.75) is 68.8 Å². The molecule has 1 saturated heterocycles. The summed E-state index contributed by atoms with van der Waals surface area (Å²) in [6.07, 6.45) is -1.09. The van der Waals surface area contributed by atoms with E-state index in [0.29, 0.717) is 22.6 Å². The van der Waals surface area contributed by atoms with Crippen molar-refractivity contribution in [2.24, 2.45) is 0 Å². The summed E-state index contributed by atoms with van der Waals surface area (Å²) in [5.41, 5.74) is 1.26. The zero-order valence-electron chi connectivity index (χ0n) is 22.7. The number of nitrogens with one attached hydrogen (secondary N) is 2. The smallest absolute Gasteiger partial charge is 0.355 e. The number of hydrogen-bond donors (Lipinski definition) is 3. The summed E-state index contributed by atoms with van der Waals surface area (Å²) in [7, 11) is 1.46. The summed E-state index contributed by atoms with van der Waals surface area (Å²) in [5, 5.41) is 12.8. The number of rotatable bonds is 8. The number of ether oxygens (including phenoxy) is 4. The first-order chi connectivity index (χ1) is 19.1. The second-order valence-corrected chi connectivity index (χ2v) is 11.1. The van der Waals surface area contributed by atoms with E-state index in [0.717, 1.165) is 21.8 Å². The van der Waals surface area contributed by atoms with E-state index in [1.807, 2.05) is 6.92 Å². The Morgan fingerprint density at radius 3 is 2.70 bits per heavy atom. The van der Waals surface area contributed by atoms with Gasteiger partial charge in [-0.2, -0.15) is 0 Å². The predicted molar refractivity (Wildman–Crippen MR) is 146 cm³/mol. The number of nitrogens with zero attached hydrogens (tertiary/aromatic N) is 1. The summed E-state index contributed by atoms with van der Waals surface area (Å²) >= 11 is 1.46. The van der Waals surface area contributed by atoms with E-state index in [9.17, 15) is 14.7 Å². The number of aromatic amines is 2. The molecule has 0 aliphatic carbocycles. The molecule has 1 aliphatic rings. The van der Waals surface area contributed by atoms with Crippen molar-refractivity contribution >= 4 is 28.7 Å². The van der Waals surface area contributed by atoms with Crippen LogP contribution in [-0.4, -0.2) is 63.3 Å². The highest BCUT2D eigenvalue weighted by Gasteiger charge is 2.53. The Balaban J connectivity index is 1.42. The molecule has 212 valence electrons. The minimum Gasteiger partial charge on any atom is -0.462 e. The lowest BCUT2D eigenvalue weighted by molar-refractivity contribution is -0.305. The zero-order valence-corrected chi connectivity index (χ0v) is 23.5. The molecule has 12 heteroatoms. The fraction of sp³-hybridized carbons (Fsp3) is 0.393. The SMILES string of the molecule is CO[C@@H]1[C@@H](OC(=O)c2ccc(C)[nH]2)[C@@H](O)[C@H](Oc2ccc3c(CSc4ncc[nH]4)cc(=O)oc3c2C)OC1(C)C. The average Bonchev–Trinajstić information content (AvgIpc) is 3.59. The Kier molecular flexibility index (Phi) is 7.78. The van der Waals surface area contributed by atoms with E-state index in [1.165, 1.54) is 24.9 Å². The lowest BCUT2D eigenvalue weighted by Gasteiger charge is -2.47. The first-order valence-corrected chi connectivity index (χ1v) is 13.7. The number of imidazole rings is 1. The van der Waals surface area contributed by atoms with Gasteiger partial charge >= 0.3 is 11.6 Å². The van der Waals surface area contributed by atoms with Crippen molar-refractivity contribution in [2.75, 3.05) is 7.11 Å². The molecular formula is C28H31N3O8S. The zero-order chi connectivity index (χ0) is 28.6. The van der Waals surface area contributed by atoms with Crippen LogP contribution in [0.3, 0.4) is 0 Å². The van der Waals surface area contributed by atoms with Crippen LogP contribution >= 0.6 is 11.8 Å². The maximum absolute atomic E-state index is 12.9. The molecule has 3 aromatic heterocycles. The number of fused-ring (bicyclic) bond motifs is 1. The van der Waals surface area contributed by atoms with Crippen LogP contribution in [0.1, 0.15) is 41.2 Å². The van der Waals surface area contributed by atoms with Gasteiger partial charge in [-0.25, -0.2) is 14.6 Å². The largest absolute Gasteiger partial charge is 0.462 e. The molecule has 4 heterocycles. The molecule has 40 heavy (non-hydrogen) atoms. The molecule has 5 rings (SSSR count). The molecule has 0 spiro atoms. The monoisotopic (exact) mass is 569 g/mol. The summed E-state index contributed by atoms with van der Waals surface area (Å²) in [4.78, 5) is 35.4. The number of thioether (sulfide) groups is 1. The van der Waals surface area contributed by atoms with Crippen LogP contribution in [0.15, 0.2) is 57.1 Å². The van der Waals surface area contributed by atoms with Gasteiger partial charge < -0.3 is 38.4 Å². The van der Waals surface area contributed by atoms with Crippen LogP contribution in [0.2, 0.25) is 0 Å². The summed E-state index contributed by atoms with van der Waals surface area (Å²) in [6.45, 7) is 7.10. The maximum atomic E-state index is 12.9. The Morgan fingerprint density at radius 1 is 1.23 bits per heavy atom. The molecule has 1 aromatic carbocycles. The topological polar surface area (TPSA) is 149 Å². The molecule has 0 saturated carbocycles. The van der Waals surface area contributed by atoms with Gasteiger partial charge in [0.2, 0.25) is 6.29 Å². The number of carbonyl (C=O) groups excluding carboxylic acids is 1. The minimum absolute atomic E-state index is 0.253. The van der Waals surface area contributed by atoms with E-state index < -0.39 is 41.8 Å². The van der Waals surface area contributed by atoms with Crippen LogP contribution in [0.25, 0.3) is 11.0 Å². The highest BCUT2D eigenvalue weighted by atomic mass is 32.2. The van der Waals surface area contributed by atoms with Crippen molar-refractivity contribution in [1.82, 2.24) is 15.0 Å². The van der Waals surface area contributed by atoms with Crippen LogP contribution in [0.5, 0.6) is 5.75 Å². The first kappa shape index (κ1) is 28.0.